The van der Waals surface area contributed by atoms with Crippen molar-refractivity contribution in [2.75, 3.05) is 5.32 Å². The zero-order valence-corrected chi connectivity index (χ0v) is 15.7. The molecule has 0 saturated carbocycles. The van der Waals surface area contributed by atoms with E-state index in [-0.39, 0.29) is 11.5 Å². The minimum atomic E-state index is -0.402. The summed E-state index contributed by atoms with van der Waals surface area (Å²) in [6, 6.07) is 5.30. The average molecular weight is 450 g/mol. The molecule has 0 unspecified atom stereocenters. The molecule has 0 fully saturated rings. The van der Waals surface area contributed by atoms with Gasteiger partial charge < -0.3 is 5.32 Å². The number of aromatic nitrogens is 4. The van der Waals surface area contributed by atoms with Crippen molar-refractivity contribution < 1.29 is 4.79 Å². The third-order valence-corrected chi connectivity index (χ3v) is 4.71. The van der Waals surface area contributed by atoms with Gasteiger partial charge in [-0.15, -0.1) is 0 Å². The minimum absolute atomic E-state index is 0.253. The SMILES string of the molecule is O=C(Nc1nn(Cc2ccc(Cl)c(Cl)c2)cc1Cl)c1[nH]ncc1Br. The van der Waals surface area contributed by atoms with Gasteiger partial charge in [0.05, 0.1) is 27.3 Å². The molecule has 2 heterocycles. The first-order valence-corrected chi connectivity index (χ1v) is 8.54. The Morgan fingerprint density at radius 2 is 2.04 bits per heavy atom. The summed E-state index contributed by atoms with van der Waals surface area (Å²) < 4.78 is 2.14. The van der Waals surface area contributed by atoms with Gasteiger partial charge in [0.25, 0.3) is 5.91 Å². The van der Waals surface area contributed by atoms with Gasteiger partial charge in [0.1, 0.15) is 10.7 Å². The predicted molar refractivity (Wildman–Crippen MR) is 97.0 cm³/mol. The van der Waals surface area contributed by atoms with Crippen molar-refractivity contribution in [2.45, 2.75) is 6.54 Å². The fourth-order valence-electron chi connectivity index (χ4n) is 1.99. The zero-order chi connectivity index (χ0) is 17.3. The molecule has 0 aliphatic heterocycles. The molecule has 6 nitrogen and oxygen atoms in total. The Labute approximate surface area is 160 Å². The van der Waals surface area contributed by atoms with E-state index in [0.717, 1.165) is 5.56 Å². The van der Waals surface area contributed by atoms with E-state index in [2.05, 4.69) is 36.5 Å². The molecule has 2 N–H and O–H groups in total. The number of nitrogens with one attached hydrogen (secondary N) is 2. The fourth-order valence-corrected chi connectivity index (χ4v) is 2.88. The number of anilines is 1. The van der Waals surface area contributed by atoms with Crippen molar-refractivity contribution >= 4 is 62.5 Å². The van der Waals surface area contributed by atoms with E-state index < -0.39 is 5.91 Å². The van der Waals surface area contributed by atoms with Crippen molar-refractivity contribution in [3.8, 4) is 0 Å². The molecule has 0 bridgehead atoms. The number of H-pyrrole nitrogens is 1. The van der Waals surface area contributed by atoms with Gasteiger partial charge in [-0.05, 0) is 33.6 Å². The van der Waals surface area contributed by atoms with Gasteiger partial charge in [0.15, 0.2) is 5.82 Å². The predicted octanol–water partition coefficient (Wildman–Crippen LogP) is 4.63. The van der Waals surface area contributed by atoms with Crippen molar-refractivity contribution in [3.63, 3.8) is 0 Å². The summed E-state index contributed by atoms with van der Waals surface area (Å²) in [7, 11) is 0. The van der Waals surface area contributed by atoms with E-state index >= 15 is 0 Å². The summed E-state index contributed by atoms with van der Waals surface area (Å²) in [5.41, 5.74) is 1.18. The van der Waals surface area contributed by atoms with Gasteiger partial charge in [0, 0.05) is 6.20 Å². The minimum Gasteiger partial charge on any atom is -0.302 e. The molecule has 0 saturated heterocycles. The van der Waals surface area contributed by atoms with E-state index in [0.29, 0.717) is 26.1 Å². The van der Waals surface area contributed by atoms with Gasteiger partial charge in [0.2, 0.25) is 0 Å². The third kappa shape index (κ3) is 3.75. The number of aromatic amines is 1. The first-order chi connectivity index (χ1) is 11.4. The summed E-state index contributed by atoms with van der Waals surface area (Å²) in [6.45, 7) is 0.431. The number of amides is 1. The highest BCUT2D eigenvalue weighted by Crippen LogP contribution is 2.25. The molecule has 2 aromatic heterocycles. The summed E-state index contributed by atoms with van der Waals surface area (Å²) in [6.07, 6.45) is 3.10. The standard InChI is InChI=1S/C14H9BrCl3N5O/c15-8-4-19-21-12(8)14(24)20-13-11(18)6-23(22-13)5-7-1-2-9(16)10(17)3-7/h1-4,6H,5H2,(H,19,21)(H,20,22,24). The van der Waals surface area contributed by atoms with Crippen molar-refractivity contribution in [1.82, 2.24) is 20.0 Å². The number of halogens is 4. The van der Waals surface area contributed by atoms with Crippen LogP contribution in [0.4, 0.5) is 5.82 Å². The summed E-state index contributed by atoms with van der Waals surface area (Å²) >= 11 is 21.3. The van der Waals surface area contributed by atoms with E-state index in [4.69, 9.17) is 34.8 Å². The molecule has 24 heavy (non-hydrogen) atoms. The molecule has 10 heteroatoms. The highest BCUT2D eigenvalue weighted by atomic mass is 79.9. The molecular formula is C14H9BrCl3N5O. The van der Waals surface area contributed by atoms with Crippen LogP contribution in [0.15, 0.2) is 35.1 Å². The Morgan fingerprint density at radius 3 is 2.71 bits per heavy atom. The Morgan fingerprint density at radius 1 is 1.25 bits per heavy atom. The number of carbonyl (C=O) groups is 1. The molecule has 0 aliphatic rings. The molecule has 3 aromatic rings. The molecule has 0 radical (unpaired) electrons. The molecule has 1 amide bonds. The summed E-state index contributed by atoms with van der Waals surface area (Å²) in [4.78, 5) is 12.1. The summed E-state index contributed by atoms with van der Waals surface area (Å²) in [5, 5.41) is 14.5. The van der Waals surface area contributed by atoms with Crippen molar-refractivity contribution in [1.29, 1.82) is 0 Å². The van der Waals surface area contributed by atoms with Crippen LogP contribution in [-0.4, -0.2) is 25.9 Å². The maximum absolute atomic E-state index is 12.1. The highest BCUT2D eigenvalue weighted by Gasteiger charge is 2.16. The fraction of sp³-hybridized carbons (Fsp3) is 0.0714. The topological polar surface area (TPSA) is 75.6 Å². The number of hydrogen-bond acceptors (Lipinski definition) is 3. The molecule has 0 aliphatic carbocycles. The third-order valence-electron chi connectivity index (χ3n) is 3.10. The molecule has 1 aromatic carbocycles. The Kier molecular flexibility index (Phi) is 5.15. The van der Waals surface area contributed by atoms with Crippen LogP contribution in [0.2, 0.25) is 15.1 Å². The normalized spacial score (nSPS) is 10.8. The lowest BCUT2D eigenvalue weighted by Gasteiger charge is -2.04. The lowest BCUT2D eigenvalue weighted by molar-refractivity contribution is 0.102. The van der Waals surface area contributed by atoms with E-state index in [1.807, 2.05) is 6.07 Å². The highest BCUT2D eigenvalue weighted by molar-refractivity contribution is 9.10. The summed E-state index contributed by atoms with van der Waals surface area (Å²) in [5.74, 6) is -0.149. The largest absolute Gasteiger partial charge is 0.302 e. The van der Waals surface area contributed by atoms with E-state index in [1.165, 1.54) is 6.20 Å². The van der Waals surface area contributed by atoms with Gasteiger partial charge in [-0.2, -0.15) is 10.2 Å². The van der Waals surface area contributed by atoms with Crippen LogP contribution >= 0.6 is 50.7 Å². The second kappa shape index (κ2) is 7.14. The first-order valence-electron chi connectivity index (χ1n) is 6.61. The van der Waals surface area contributed by atoms with Crippen molar-refractivity contribution in [2.24, 2.45) is 0 Å². The molecule has 124 valence electrons. The van der Waals surface area contributed by atoms with Crippen LogP contribution in [0.5, 0.6) is 0 Å². The quantitative estimate of drug-likeness (QED) is 0.610. The van der Waals surface area contributed by atoms with Crippen molar-refractivity contribution in [3.05, 3.63) is 61.4 Å². The Hall–Kier alpha value is -1.54. The second-order valence-electron chi connectivity index (χ2n) is 4.82. The Balaban J connectivity index is 1.76. The average Bonchev–Trinajstić information content (AvgIpc) is 3.09. The first kappa shape index (κ1) is 17.3. The number of hydrogen-bond donors (Lipinski definition) is 2. The number of benzene rings is 1. The van der Waals surface area contributed by atoms with Crippen LogP contribution in [0.1, 0.15) is 16.1 Å². The Bertz CT molecular complexity index is 908. The maximum atomic E-state index is 12.1. The lowest BCUT2D eigenvalue weighted by Crippen LogP contribution is -2.14. The van der Waals surface area contributed by atoms with Crippen LogP contribution in [0.25, 0.3) is 0 Å². The smallest absolute Gasteiger partial charge is 0.276 e. The zero-order valence-electron chi connectivity index (χ0n) is 11.9. The van der Waals surface area contributed by atoms with Gasteiger partial charge in [-0.1, -0.05) is 40.9 Å². The second-order valence-corrected chi connectivity index (χ2v) is 6.89. The molecule has 3 rings (SSSR count). The molecule has 0 atom stereocenters. The van der Waals surface area contributed by atoms with Gasteiger partial charge in [-0.3, -0.25) is 14.6 Å². The molecular weight excluding hydrogens is 440 g/mol. The van der Waals surface area contributed by atoms with Crippen LogP contribution in [0, 0.1) is 0 Å². The van der Waals surface area contributed by atoms with E-state index in [1.54, 1.807) is 23.0 Å². The number of nitrogens with zero attached hydrogens (tertiary/aromatic N) is 3. The molecule has 0 spiro atoms. The monoisotopic (exact) mass is 447 g/mol. The maximum Gasteiger partial charge on any atom is 0.276 e. The van der Waals surface area contributed by atoms with Crippen LogP contribution in [0.3, 0.4) is 0 Å². The van der Waals surface area contributed by atoms with Crippen LogP contribution in [-0.2, 0) is 6.54 Å². The van der Waals surface area contributed by atoms with Gasteiger partial charge >= 0.3 is 0 Å². The number of carbonyl (C=O) groups excluding carboxylic acids is 1. The lowest BCUT2D eigenvalue weighted by atomic mass is 10.2. The van der Waals surface area contributed by atoms with Gasteiger partial charge in [-0.25, -0.2) is 0 Å². The van der Waals surface area contributed by atoms with Crippen LogP contribution < -0.4 is 5.32 Å². The number of rotatable bonds is 4. The van der Waals surface area contributed by atoms with E-state index in [9.17, 15) is 4.79 Å².